The van der Waals surface area contributed by atoms with Gasteiger partial charge in [-0.05, 0) is 0 Å². The molecule has 31 heavy (non-hydrogen) atoms. The molecule has 13 nitrogen and oxygen atoms in total. The maximum Gasteiger partial charge on any atom is 0.0519 e. The first kappa shape index (κ1) is 52.2. The number of thiol groups is 1. The largest absolute Gasteiger partial charge is 0.396 e. The van der Waals surface area contributed by atoms with E-state index < -0.39 is 45.8 Å². The number of aliphatic hydroxyl groups excluding tert-OH is 1. The van der Waals surface area contributed by atoms with Gasteiger partial charge in [-0.25, -0.2) is 0 Å². The van der Waals surface area contributed by atoms with E-state index >= 15 is 0 Å². The Morgan fingerprint density at radius 2 is 0.806 bits per heavy atom. The summed E-state index contributed by atoms with van der Waals surface area (Å²) in [6.07, 6.45) is 0. The minimum atomic E-state index is -1.63. The van der Waals surface area contributed by atoms with Crippen molar-refractivity contribution in [2.24, 2.45) is 0 Å². The first-order valence-electron chi connectivity index (χ1n) is 7.07. The average molecular weight is 684 g/mol. The van der Waals surface area contributed by atoms with Crippen LogP contribution in [-0.2, 0) is 71.5 Å². The van der Waals surface area contributed by atoms with Crippen molar-refractivity contribution >= 4 is 70.4 Å². The Morgan fingerprint density at radius 3 is 0.871 bits per heavy atom. The second-order valence-corrected chi connectivity index (χ2v) is 5.88. The Morgan fingerprint density at radius 1 is 0.677 bits per heavy atom. The molecule has 3 radical (unpaired) electrons. The molecule has 0 aliphatic rings. The summed E-state index contributed by atoms with van der Waals surface area (Å²) in [4.78, 5) is 56.1. The zero-order valence-electron chi connectivity index (χ0n) is 17.9. The molecule has 0 unspecified atom stereocenters. The van der Waals surface area contributed by atoms with Gasteiger partial charge in [0.05, 0.1) is 6.61 Å². The van der Waals surface area contributed by atoms with E-state index in [0.717, 1.165) is 27.7 Å². The third kappa shape index (κ3) is 578. The van der Waals surface area contributed by atoms with Crippen molar-refractivity contribution in [1.82, 2.24) is 0 Å². The van der Waals surface area contributed by atoms with Crippen LogP contribution in [-0.4, -0.2) is 95.7 Å². The third-order valence-corrected chi connectivity index (χ3v) is 2.79. The smallest absolute Gasteiger partial charge is 0.0519 e. The standard InChI is InChI=1S/6C2H4O2.C2H6OS.Cu.Sn.Zn/c6*1-2(3)4;3-1-2-4;;;/h6*1H3,(H,3,4);3-4H,1-2H2;;;/q;;;;;;;;+2;/p-2. The fourth-order valence-electron chi connectivity index (χ4n) is 0.138. The molecule has 0 rings (SSSR count). The molecular formula is C14H28CuO13SSnZn. The predicted octanol–water partition coefficient (Wildman–Crippen LogP) is -0.0861. The van der Waals surface area contributed by atoms with Gasteiger partial charge in [0.25, 0.3) is 23.9 Å². The Bertz CT molecular complexity index is 387. The van der Waals surface area contributed by atoms with Crippen molar-refractivity contribution in [2.75, 3.05) is 12.4 Å². The number of aliphatic hydroxyl groups is 1. The van der Waals surface area contributed by atoms with Gasteiger partial charge >= 0.3 is 63.5 Å². The topological polar surface area (TPSA) is 222 Å². The van der Waals surface area contributed by atoms with Gasteiger partial charge in [0.2, 0.25) is 0 Å². The molecule has 5 N–H and O–H groups in total. The second kappa shape index (κ2) is 47.0. The summed E-state index contributed by atoms with van der Waals surface area (Å²) < 4.78 is 8.88. The van der Waals surface area contributed by atoms with E-state index in [1.807, 2.05) is 0 Å². The minimum absolute atomic E-state index is 0. The molecule has 0 spiro atoms. The molecule has 0 atom stereocenters. The summed E-state index contributed by atoms with van der Waals surface area (Å²) in [7, 11) is 0. The summed E-state index contributed by atoms with van der Waals surface area (Å²) in [5, 5.41) is 37.5. The van der Waals surface area contributed by atoms with E-state index in [1.165, 1.54) is 13.8 Å². The Hall–Kier alpha value is -0.928. The fourth-order valence-corrected chi connectivity index (χ4v) is 0.927. The van der Waals surface area contributed by atoms with Crippen LogP contribution in [0.15, 0.2) is 0 Å². The van der Waals surface area contributed by atoms with Crippen LogP contribution in [0.1, 0.15) is 41.5 Å². The molecule has 17 heteroatoms. The van der Waals surface area contributed by atoms with Gasteiger partial charge in [0.1, 0.15) is 0 Å². The van der Waals surface area contributed by atoms with Crippen LogP contribution in [0.5, 0.6) is 0 Å². The normalized spacial score (nSPS) is 6.58. The number of hydrogen-bond acceptors (Lipinski definition) is 10. The molecule has 0 saturated heterocycles. The summed E-state index contributed by atoms with van der Waals surface area (Å²) in [6, 6.07) is 0. The monoisotopic (exact) mass is 683 g/mol. The maximum absolute atomic E-state index is 10.1. The molecule has 0 aromatic heterocycles. The fraction of sp³-hybridized carbons (Fsp3) is 0.571. The average Bonchev–Trinajstić information content (AvgIpc) is 2.44. The zero-order valence-corrected chi connectivity index (χ0v) is 25.5. The molecular weight excluding hydrogens is 656 g/mol. The number of carbonyl (C=O) groups excluding carboxylic acids is 2. The second-order valence-electron chi connectivity index (χ2n) is 3.79. The van der Waals surface area contributed by atoms with E-state index in [-0.39, 0.29) is 55.1 Å². The third-order valence-electron chi connectivity index (χ3n) is 0.471. The van der Waals surface area contributed by atoms with Crippen molar-refractivity contribution in [3.63, 3.8) is 0 Å². The molecule has 0 heterocycles. The van der Waals surface area contributed by atoms with Gasteiger partial charge in [-0.3, -0.25) is 19.2 Å². The van der Waals surface area contributed by atoms with Crippen molar-refractivity contribution < 1.29 is 97.0 Å². The van der Waals surface area contributed by atoms with Gasteiger partial charge in [-0.15, -0.1) is 0 Å². The summed E-state index contributed by atoms with van der Waals surface area (Å²) in [6.45, 7) is 7.08. The number of aliphatic carboxylic acids is 4. The summed E-state index contributed by atoms with van der Waals surface area (Å²) >= 11 is 2.04. The van der Waals surface area contributed by atoms with Crippen LogP contribution >= 0.6 is 12.6 Å². The number of carboxylic acids is 4. The summed E-state index contributed by atoms with van der Waals surface area (Å²) in [5.74, 6) is -3.54. The molecule has 0 aromatic carbocycles. The number of carboxylic acid groups (broad SMARTS) is 4. The summed E-state index contributed by atoms with van der Waals surface area (Å²) in [5.41, 5.74) is 0. The maximum atomic E-state index is 10.1. The van der Waals surface area contributed by atoms with Crippen molar-refractivity contribution in [2.45, 2.75) is 41.5 Å². The quantitative estimate of drug-likeness (QED) is 0.169. The van der Waals surface area contributed by atoms with Crippen LogP contribution < -0.4 is 0 Å². The van der Waals surface area contributed by atoms with Crippen LogP contribution in [0.25, 0.3) is 0 Å². The van der Waals surface area contributed by atoms with Gasteiger partial charge in [-0.1, -0.05) is 0 Å². The van der Waals surface area contributed by atoms with Crippen LogP contribution in [0.3, 0.4) is 0 Å². The van der Waals surface area contributed by atoms with Crippen LogP contribution in [0, 0.1) is 0 Å². The zero-order chi connectivity index (χ0) is 25.0. The number of rotatable bonds is 3. The van der Waals surface area contributed by atoms with E-state index in [9.17, 15) is 9.59 Å². The minimum Gasteiger partial charge on any atom is -0.396 e. The van der Waals surface area contributed by atoms with E-state index in [0.29, 0.717) is 5.75 Å². The molecule has 0 aliphatic heterocycles. The van der Waals surface area contributed by atoms with Crippen molar-refractivity contribution in [3.05, 3.63) is 0 Å². The van der Waals surface area contributed by atoms with Crippen molar-refractivity contribution in [1.29, 1.82) is 0 Å². The predicted molar refractivity (Wildman–Crippen MR) is 103 cm³/mol. The van der Waals surface area contributed by atoms with E-state index in [2.05, 4.69) is 18.8 Å². The number of carbonyl (C=O) groups is 6. The molecule has 0 fully saturated rings. The first-order valence-corrected chi connectivity index (χ1v) is 10.0. The van der Waals surface area contributed by atoms with Crippen LogP contribution in [0.4, 0.5) is 0 Å². The Balaban J connectivity index is -0.0000000352. The Kier molecular flexibility index (Phi) is 79.1. The molecule has 0 amide bonds. The molecule has 0 bridgehead atoms. The van der Waals surface area contributed by atoms with Gasteiger partial charge < -0.3 is 25.5 Å². The SMILES string of the molecule is CC(=O)O.CC(=O)O.CC(=O)O.CC(=O)O.CC(=O)[O][Sn][O]C(C)=O.OCCS.[Cu].[Zn]. The molecule has 0 aliphatic carbocycles. The number of hydrogen-bond donors (Lipinski definition) is 6. The first-order chi connectivity index (χ1) is 13.0. The van der Waals surface area contributed by atoms with Crippen molar-refractivity contribution in [3.8, 4) is 0 Å². The van der Waals surface area contributed by atoms with Crippen LogP contribution in [0.2, 0.25) is 0 Å². The van der Waals surface area contributed by atoms with Gasteiger partial charge in [0, 0.05) is 70.0 Å². The molecule has 0 saturated carbocycles. The van der Waals surface area contributed by atoms with Gasteiger partial charge in [0.15, 0.2) is 0 Å². The Labute approximate surface area is 220 Å². The molecule has 0 aromatic rings. The molecule has 185 valence electrons. The van der Waals surface area contributed by atoms with E-state index in [1.54, 1.807) is 0 Å². The van der Waals surface area contributed by atoms with E-state index in [4.69, 9.17) is 44.7 Å². The van der Waals surface area contributed by atoms with Gasteiger partial charge in [-0.2, -0.15) is 12.6 Å².